The van der Waals surface area contributed by atoms with Crippen molar-refractivity contribution in [3.8, 4) is 0 Å². The average Bonchev–Trinajstić information content (AvgIpc) is 2.87. The van der Waals surface area contributed by atoms with Crippen LogP contribution in [0.4, 0.5) is 0 Å². The van der Waals surface area contributed by atoms with Gasteiger partial charge >= 0.3 is 0 Å². The third-order valence-electron chi connectivity index (χ3n) is 5.63. The first-order valence-corrected chi connectivity index (χ1v) is 13.0. The van der Waals surface area contributed by atoms with Gasteiger partial charge in [0.15, 0.2) is 0 Å². The molecule has 1 N–H and O–H groups in total. The van der Waals surface area contributed by atoms with Crippen LogP contribution in [0.3, 0.4) is 0 Å². The smallest absolute Gasteiger partial charge is 0.243 e. The monoisotopic (exact) mass is 474 g/mol. The lowest BCUT2D eigenvalue weighted by atomic mass is 10.0. The van der Waals surface area contributed by atoms with Crippen molar-refractivity contribution < 1.29 is 9.59 Å². The van der Waals surface area contributed by atoms with Crippen molar-refractivity contribution in [1.82, 2.24) is 10.2 Å². The quantitative estimate of drug-likeness (QED) is 0.383. The molecule has 5 heteroatoms. The summed E-state index contributed by atoms with van der Waals surface area (Å²) >= 11 is 1.59. The summed E-state index contributed by atoms with van der Waals surface area (Å²) in [7, 11) is 0. The number of nitrogens with zero attached hydrogens (tertiary/aromatic N) is 1. The Balaban J connectivity index is 1.82. The van der Waals surface area contributed by atoms with Crippen LogP contribution in [0.1, 0.15) is 35.6 Å². The molecule has 0 aliphatic rings. The zero-order chi connectivity index (χ0) is 24.2. The summed E-state index contributed by atoms with van der Waals surface area (Å²) in [6, 6.07) is 27.7. The maximum absolute atomic E-state index is 13.5. The van der Waals surface area contributed by atoms with Gasteiger partial charge in [0.2, 0.25) is 11.8 Å². The van der Waals surface area contributed by atoms with Crippen molar-refractivity contribution in [3.05, 3.63) is 107 Å². The summed E-state index contributed by atoms with van der Waals surface area (Å²) in [4.78, 5) is 28.6. The molecule has 34 heavy (non-hydrogen) atoms. The molecule has 0 heterocycles. The SMILES string of the molecule is CCCNC(=O)[C@@H](Cc1ccccc1)N(Cc1ccc(C)cc1)C(=O)CSCc1ccccc1. The maximum Gasteiger partial charge on any atom is 0.243 e. The standard InChI is InChI=1S/C29H34N2O2S/c1-3-18-30-29(33)27(19-24-10-6-4-7-11-24)31(20-25-16-14-23(2)15-17-25)28(32)22-34-21-26-12-8-5-9-13-26/h4-17,27H,3,18-22H2,1-2H3,(H,30,33)/t27-/m1/s1. The molecule has 0 aliphatic carbocycles. The topological polar surface area (TPSA) is 49.4 Å². The number of rotatable bonds is 12. The summed E-state index contributed by atoms with van der Waals surface area (Å²) in [5.74, 6) is 0.969. The summed E-state index contributed by atoms with van der Waals surface area (Å²) < 4.78 is 0. The van der Waals surface area contributed by atoms with Gasteiger partial charge in [-0.05, 0) is 30.0 Å². The Hall–Kier alpha value is -3.05. The fourth-order valence-electron chi connectivity index (χ4n) is 3.72. The lowest BCUT2D eigenvalue weighted by Gasteiger charge is -2.31. The minimum absolute atomic E-state index is 0.0194. The first kappa shape index (κ1) is 25.6. The van der Waals surface area contributed by atoms with Gasteiger partial charge < -0.3 is 10.2 Å². The zero-order valence-electron chi connectivity index (χ0n) is 20.1. The second-order valence-electron chi connectivity index (χ2n) is 8.48. The Labute approximate surface area is 207 Å². The molecule has 0 radical (unpaired) electrons. The minimum atomic E-state index is -0.569. The van der Waals surface area contributed by atoms with E-state index in [0.29, 0.717) is 25.3 Å². The van der Waals surface area contributed by atoms with E-state index in [1.54, 1.807) is 16.7 Å². The molecule has 2 amide bonds. The van der Waals surface area contributed by atoms with E-state index in [0.717, 1.165) is 23.3 Å². The van der Waals surface area contributed by atoms with Gasteiger partial charge in [-0.15, -0.1) is 11.8 Å². The van der Waals surface area contributed by atoms with E-state index in [1.807, 2.05) is 86.6 Å². The Morgan fingerprint density at radius 3 is 2.09 bits per heavy atom. The fourth-order valence-corrected chi connectivity index (χ4v) is 4.59. The minimum Gasteiger partial charge on any atom is -0.354 e. The fraction of sp³-hybridized carbons (Fsp3) is 0.310. The van der Waals surface area contributed by atoms with Crippen molar-refractivity contribution in [2.24, 2.45) is 0 Å². The molecule has 0 saturated carbocycles. The number of carbonyl (C=O) groups excluding carboxylic acids is 2. The summed E-state index contributed by atoms with van der Waals surface area (Å²) in [6.07, 6.45) is 1.33. The van der Waals surface area contributed by atoms with E-state index in [1.165, 1.54) is 11.1 Å². The predicted molar refractivity (Wildman–Crippen MR) is 142 cm³/mol. The van der Waals surface area contributed by atoms with Crippen molar-refractivity contribution >= 4 is 23.6 Å². The number of hydrogen-bond donors (Lipinski definition) is 1. The van der Waals surface area contributed by atoms with E-state index in [9.17, 15) is 9.59 Å². The third-order valence-corrected chi connectivity index (χ3v) is 6.62. The summed E-state index contributed by atoms with van der Waals surface area (Å²) in [5, 5.41) is 3.03. The summed E-state index contributed by atoms with van der Waals surface area (Å²) in [5.41, 5.74) is 4.42. The van der Waals surface area contributed by atoms with Crippen LogP contribution in [0.15, 0.2) is 84.9 Å². The van der Waals surface area contributed by atoms with Gasteiger partial charge in [-0.25, -0.2) is 0 Å². The van der Waals surface area contributed by atoms with E-state index < -0.39 is 6.04 Å². The molecular weight excluding hydrogens is 440 g/mol. The predicted octanol–water partition coefficient (Wildman–Crippen LogP) is 5.39. The first-order chi connectivity index (χ1) is 16.6. The highest BCUT2D eigenvalue weighted by molar-refractivity contribution is 7.99. The Morgan fingerprint density at radius 2 is 1.47 bits per heavy atom. The van der Waals surface area contributed by atoms with Crippen LogP contribution in [0, 0.1) is 6.92 Å². The Bertz CT molecular complexity index is 1020. The van der Waals surface area contributed by atoms with Crippen molar-refractivity contribution in [3.63, 3.8) is 0 Å². The molecule has 0 saturated heterocycles. The molecule has 3 rings (SSSR count). The van der Waals surface area contributed by atoms with Gasteiger partial charge in [0.05, 0.1) is 5.75 Å². The number of thioether (sulfide) groups is 1. The molecule has 3 aromatic rings. The van der Waals surface area contributed by atoms with E-state index >= 15 is 0 Å². The molecule has 0 aliphatic heterocycles. The second-order valence-corrected chi connectivity index (χ2v) is 9.47. The molecule has 178 valence electrons. The van der Waals surface area contributed by atoms with Crippen LogP contribution < -0.4 is 5.32 Å². The molecule has 0 fully saturated rings. The van der Waals surface area contributed by atoms with Crippen LogP contribution in [0.2, 0.25) is 0 Å². The maximum atomic E-state index is 13.5. The van der Waals surface area contributed by atoms with Crippen LogP contribution in [-0.2, 0) is 28.3 Å². The number of nitrogens with one attached hydrogen (secondary N) is 1. The van der Waals surface area contributed by atoms with Crippen LogP contribution >= 0.6 is 11.8 Å². The number of benzene rings is 3. The Kier molecular flexibility index (Phi) is 10.2. The molecule has 0 bridgehead atoms. The molecule has 0 unspecified atom stereocenters. The molecule has 4 nitrogen and oxygen atoms in total. The first-order valence-electron chi connectivity index (χ1n) is 11.8. The molecule has 3 aromatic carbocycles. The van der Waals surface area contributed by atoms with Gasteiger partial charge in [-0.1, -0.05) is 97.4 Å². The van der Waals surface area contributed by atoms with Crippen LogP contribution in [0.5, 0.6) is 0 Å². The lowest BCUT2D eigenvalue weighted by molar-refractivity contribution is -0.139. The Morgan fingerprint density at radius 1 is 0.853 bits per heavy atom. The highest BCUT2D eigenvalue weighted by Gasteiger charge is 2.30. The van der Waals surface area contributed by atoms with Gasteiger partial charge in [-0.2, -0.15) is 0 Å². The van der Waals surface area contributed by atoms with E-state index in [4.69, 9.17) is 0 Å². The third kappa shape index (κ3) is 8.07. The summed E-state index contributed by atoms with van der Waals surface area (Å²) in [6.45, 7) is 5.08. The average molecular weight is 475 g/mol. The normalized spacial score (nSPS) is 11.6. The zero-order valence-corrected chi connectivity index (χ0v) is 20.9. The number of hydrogen-bond acceptors (Lipinski definition) is 3. The van der Waals surface area contributed by atoms with Gasteiger partial charge in [0.1, 0.15) is 6.04 Å². The van der Waals surface area contributed by atoms with E-state index in [2.05, 4.69) is 17.4 Å². The highest BCUT2D eigenvalue weighted by Crippen LogP contribution is 2.19. The number of amides is 2. The number of aryl methyl sites for hydroxylation is 1. The highest BCUT2D eigenvalue weighted by atomic mass is 32.2. The molecule has 0 spiro atoms. The van der Waals surface area contributed by atoms with Crippen LogP contribution in [0.25, 0.3) is 0 Å². The van der Waals surface area contributed by atoms with Crippen molar-refractivity contribution in [2.45, 2.75) is 45.0 Å². The molecule has 0 aromatic heterocycles. The van der Waals surface area contributed by atoms with Crippen LogP contribution in [-0.4, -0.2) is 35.1 Å². The van der Waals surface area contributed by atoms with Gasteiger partial charge in [0.25, 0.3) is 0 Å². The second kappa shape index (κ2) is 13.6. The van der Waals surface area contributed by atoms with Crippen molar-refractivity contribution in [2.75, 3.05) is 12.3 Å². The van der Waals surface area contributed by atoms with Crippen molar-refractivity contribution in [1.29, 1.82) is 0 Å². The lowest BCUT2D eigenvalue weighted by Crippen LogP contribution is -2.51. The molecule has 1 atom stereocenters. The molecular formula is C29H34N2O2S. The van der Waals surface area contributed by atoms with Gasteiger partial charge in [-0.3, -0.25) is 9.59 Å². The largest absolute Gasteiger partial charge is 0.354 e. The number of carbonyl (C=O) groups is 2. The van der Waals surface area contributed by atoms with E-state index in [-0.39, 0.29) is 11.8 Å². The van der Waals surface area contributed by atoms with Gasteiger partial charge in [0, 0.05) is 25.3 Å².